The Morgan fingerprint density at radius 3 is 1.64 bits per heavy atom. The van der Waals surface area contributed by atoms with Gasteiger partial charge in [-0.25, -0.2) is 0 Å². The maximum Gasteiger partial charge on any atom is 0.306 e. The molecule has 0 amide bonds. The van der Waals surface area contributed by atoms with Gasteiger partial charge in [-0.15, -0.1) is 0 Å². The molecule has 0 aliphatic carbocycles. The Morgan fingerprint density at radius 1 is 1.18 bits per heavy atom. The number of hydrogen-bond acceptors (Lipinski definition) is 3. The van der Waals surface area contributed by atoms with E-state index >= 15 is 0 Å². The first-order valence-corrected chi connectivity index (χ1v) is 2.99. The van der Waals surface area contributed by atoms with Crippen LogP contribution in [-0.4, -0.2) is 32.9 Å². The molecule has 0 saturated carbocycles. The molecule has 0 atom stereocenters. The summed E-state index contributed by atoms with van der Waals surface area (Å²) >= 11 is 0. The minimum absolute atomic E-state index is 0.556. The third kappa shape index (κ3) is 5.35. The first-order valence-electron chi connectivity index (χ1n) is 2.99. The van der Waals surface area contributed by atoms with Crippen molar-refractivity contribution in [2.75, 3.05) is 0 Å². The van der Waals surface area contributed by atoms with Crippen molar-refractivity contribution in [1.29, 1.82) is 0 Å². The largest absolute Gasteiger partial charge is 0.481 e. The topological polar surface area (TPSA) is 94.8 Å². The molecule has 5 heteroatoms. The zero-order valence-electron chi connectivity index (χ0n) is 6.07. The minimum Gasteiger partial charge on any atom is -0.481 e. The zero-order valence-corrected chi connectivity index (χ0v) is 6.07. The van der Waals surface area contributed by atoms with E-state index in [1.165, 1.54) is 6.92 Å². The van der Waals surface area contributed by atoms with Crippen LogP contribution in [0, 0.1) is 0 Å². The standard InChI is InChI=1S/C6H10O5/c1-6(11,2-4(7)8)3-5(9)10/h11H,2-3H2,1H3,(H,7,8)(H,9,10)/i2+0,3+0,4+2,5+2,6+0. The van der Waals surface area contributed by atoms with Crippen LogP contribution in [0.4, 0.5) is 0 Å². The van der Waals surface area contributed by atoms with E-state index in [1.54, 1.807) is 0 Å². The van der Waals surface area contributed by atoms with E-state index < -0.39 is 30.4 Å². The Bertz CT molecular complexity index is 154. The molecule has 0 fully saturated rings. The van der Waals surface area contributed by atoms with Gasteiger partial charge in [-0.2, -0.15) is 0 Å². The molecule has 0 bridgehead atoms. The molecule has 0 aromatic heterocycles. The van der Waals surface area contributed by atoms with Crippen LogP contribution in [0.1, 0.15) is 19.8 Å². The number of carbonyl (C=O) groups is 2. The summed E-state index contributed by atoms with van der Waals surface area (Å²) in [5.74, 6) is -2.42. The van der Waals surface area contributed by atoms with E-state index in [1.807, 2.05) is 0 Å². The molecule has 64 valence electrons. The molecule has 0 aromatic rings. The predicted octanol–water partition coefficient (Wildman–Crippen LogP) is -0.313. The molecule has 0 aromatic carbocycles. The van der Waals surface area contributed by atoms with Crippen LogP contribution >= 0.6 is 0 Å². The monoisotopic (exact) mass is 166 g/mol. The van der Waals surface area contributed by atoms with Gasteiger partial charge in [0.15, 0.2) is 0 Å². The van der Waals surface area contributed by atoms with E-state index in [0.717, 1.165) is 0 Å². The molecule has 11 heavy (non-hydrogen) atoms. The maximum absolute atomic E-state index is 10.0. The quantitative estimate of drug-likeness (QED) is 0.532. The molecule has 5 nitrogen and oxygen atoms in total. The van der Waals surface area contributed by atoms with E-state index in [4.69, 9.17) is 15.3 Å². The van der Waals surface area contributed by atoms with Crippen LogP contribution in [-0.2, 0) is 9.59 Å². The molecular formula is C6H10O5. The van der Waals surface area contributed by atoms with Crippen molar-refractivity contribution >= 4 is 11.9 Å². The van der Waals surface area contributed by atoms with E-state index in [2.05, 4.69) is 0 Å². The van der Waals surface area contributed by atoms with Crippen LogP contribution in [0.3, 0.4) is 0 Å². The van der Waals surface area contributed by atoms with Gasteiger partial charge in [-0.1, -0.05) is 0 Å². The Hall–Kier alpha value is -1.10. The van der Waals surface area contributed by atoms with Crippen molar-refractivity contribution in [3.05, 3.63) is 0 Å². The summed E-state index contributed by atoms with van der Waals surface area (Å²) < 4.78 is 0. The molecule has 0 unspecified atom stereocenters. The summed E-state index contributed by atoms with van der Waals surface area (Å²) in [6, 6.07) is 0. The second-order valence-electron chi connectivity index (χ2n) is 2.64. The van der Waals surface area contributed by atoms with Gasteiger partial charge in [0.1, 0.15) is 0 Å². The number of aliphatic carboxylic acids is 2. The average Bonchev–Trinajstić information content (AvgIpc) is 1.53. The molecule has 0 spiro atoms. The van der Waals surface area contributed by atoms with Crippen molar-refractivity contribution in [3.63, 3.8) is 0 Å². The van der Waals surface area contributed by atoms with Crippen LogP contribution in [0.25, 0.3) is 0 Å². The van der Waals surface area contributed by atoms with Crippen LogP contribution in [0.2, 0.25) is 0 Å². The SMILES string of the molecule is C[12C](O)([12CH2][14C](=O)O)[12CH2][14C](=O)O. The molecule has 3 N–H and O–H groups in total. The van der Waals surface area contributed by atoms with Crippen molar-refractivity contribution in [3.8, 4) is 0 Å². The maximum atomic E-state index is 10.0. The van der Waals surface area contributed by atoms with Gasteiger partial charge in [0, 0.05) is 0 Å². The highest BCUT2D eigenvalue weighted by Crippen LogP contribution is 2.13. The van der Waals surface area contributed by atoms with Crippen molar-refractivity contribution in [2.24, 2.45) is 0 Å². The summed E-state index contributed by atoms with van der Waals surface area (Å²) in [5.41, 5.74) is -1.66. The highest BCUT2D eigenvalue weighted by atomic mass is 16.6. The molecule has 0 rings (SSSR count). The Kier molecular flexibility index (Phi) is 3.00. The van der Waals surface area contributed by atoms with Crippen LogP contribution < -0.4 is 0 Å². The predicted molar refractivity (Wildman–Crippen MR) is 35.1 cm³/mol. The first-order chi connectivity index (χ1) is 4.83. The number of rotatable bonds is 4. The third-order valence-corrected chi connectivity index (χ3v) is 1.06. The third-order valence-electron chi connectivity index (χ3n) is 1.06. The Balaban J connectivity index is 3.99. The molecule has 0 aliphatic heterocycles. The fourth-order valence-electron chi connectivity index (χ4n) is 0.714. The Morgan fingerprint density at radius 2 is 1.45 bits per heavy atom. The highest BCUT2D eigenvalue weighted by molar-refractivity contribution is 5.72. The summed E-state index contributed by atoms with van der Waals surface area (Å²) in [4.78, 5) is 20.1. The molecule has 0 heterocycles. The van der Waals surface area contributed by atoms with Crippen LogP contribution in [0.5, 0.6) is 0 Å². The van der Waals surface area contributed by atoms with Gasteiger partial charge in [0.05, 0.1) is 18.4 Å². The Labute approximate surface area is 63.3 Å². The molecule has 0 aliphatic rings. The lowest BCUT2D eigenvalue weighted by Gasteiger charge is -2.17. The van der Waals surface area contributed by atoms with Crippen LogP contribution in [0.15, 0.2) is 0 Å². The number of aliphatic hydroxyl groups is 1. The molecular weight excluding hydrogens is 156 g/mol. The summed E-state index contributed by atoms with van der Waals surface area (Å²) in [5, 5.41) is 25.5. The summed E-state index contributed by atoms with van der Waals surface area (Å²) in [6.45, 7) is 1.18. The van der Waals surface area contributed by atoms with Gasteiger partial charge >= 0.3 is 11.9 Å². The smallest absolute Gasteiger partial charge is 0.306 e. The number of carboxylic acid groups (broad SMARTS) is 2. The van der Waals surface area contributed by atoms with E-state index in [9.17, 15) is 9.59 Å². The van der Waals surface area contributed by atoms with Gasteiger partial charge < -0.3 is 15.3 Å². The molecule has 0 saturated heterocycles. The summed E-state index contributed by atoms with van der Waals surface area (Å²) in [6.07, 6.45) is -1.11. The lowest BCUT2D eigenvalue weighted by atomic mass is 10.1. The fourth-order valence-corrected chi connectivity index (χ4v) is 0.714. The van der Waals surface area contributed by atoms with Gasteiger partial charge in [0.2, 0.25) is 0 Å². The zero-order chi connectivity index (χ0) is 9.07. The van der Waals surface area contributed by atoms with E-state index in [0.29, 0.717) is 0 Å². The van der Waals surface area contributed by atoms with E-state index in [-0.39, 0.29) is 0 Å². The van der Waals surface area contributed by atoms with Crippen molar-refractivity contribution in [1.82, 2.24) is 0 Å². The number of hydrogen-bond donors (Lipinski definition) is 3. The summed E-state index contributed by atoms with van der Waals surface area (Å²) in [7, 11) is 0. The second-order valence-corrected chi connectivity index (χ2v) is 2.64. The second kappa shape index (κ2) is 3.34. The highest BCUT2D eigenvalue weighted by Gasteiger charge is 2.26. The normalized spacial score (nSPS) is 11.1. The first kappa shape index (κ1) is 9.90. The number of carboxylic acids is 2. The minimum atomic E-state index is -1.66. The van der Waals surface area contributed by atoms with Crippen molar-refractivity contribution in [2.45, 2.75) is 25.4 Å². The average molecular weight is 166 g/mol. The molecule has 0 radical (unpaired) electrons. The van der Waals surface area contributed by atoms with Gasteiger partial charge in [-0.05, 0) is 6.92 Å². The lowest BCUT2D eigenvalue weighted by Crippen LogP contribution is -2.30. The van der Waals surface area contributed by atoms with Gasteiger partial charge in [0.25, 0.3) is 0 Å². The van der Waals surface area contributed by atoms with Gasteiger partial charge in [-0.3, -0.25) is 9.59 Å². The van der Waals surface area contributed by atoms with Crippen molar-refractivity contribution < 1.29 is 24.9 Å². The fraction of sp³-hybridized carbons (Fsp3) is 0.667. The lowest BCUT2D eigenvalue weighted by molar-refractivity contribution is -0.147.